The molecule has 9 heteroatoms. The van der Waals surface area contributed by atoms with E-state index in [2.05, 4.69) is 5.32 Å². The molecule has 0 bridgehead atoms. The van der Waals surface area contributed by atoms with Gasteiger partial charge in [0, 0.05) is 29.6 Å². The van der Waals surface area contributed by atoms with Gasteiger partial charge in [0.2, 0.25) is 0 Å². The lowest BCUT2D eigenvalue weighted by Crippen LogP contribution is -2.32. The first kappa shape index (κ1) is 18.8. The highest BCUT2D eigenvalue weighted by Gasteiger charge is 2.14. The van der Waals surface area contributed by atoms with Crippen molar-refractivity contribution in [3.05, 3.63) is 104 Å². The fourth-order valence-corrected chi connectivity index (χ4v) is 2.37. The molecule has 1 heterocycles. The monoisotopic (exact) mass is 383 g/mol. The Balaban J connectivity index is 1.74. The first-order chi connectivity index (χ1) is 13.5. The zero-order valence-electron chi connectivity index (χ0n) is 14.4. The Bertz CT molecular complexity index is 1080. The van der Waals surface area contributed by atoms with Crippen LogP contribution in [0.1, 0.15) is 15.9 Å². The fourth-order valence-electron chi connectivity index (χ4n) is 2.37. The van der Waals surface area contributed by atoms with Crippen LogP contribution in [-0.2, 0) is 6.61 Å². The molecule has 8 nitrogen and oxygen atoms in total. The van der Waals surface area contributed by atoms with Gasteiger partial charge in [0.05, 0.1) is 4.92 Å². The average molecular weight is 383 g/mol. The minimum atomic E-state index is -0.724. The van der Waals surface area contributed by atoms with Crippen LogP contribution in [-0.4, -0.2) is 15.6 Å². The Kier molecular flexibility index (Phi) is 5.45. The summed E-state index contributed by atoms with van der Waals surface area (Å²) in [5, 5.41) is 13.1. The minimum absolute atomic E-state index is 0.124. The summed E-state index contributed by atoms with van der Waals surface area (Å²) in [7, 11) is 0. The van der Waals surface area contributed by atoms with Crippen molar-refractivity contribution < 1.29 is 18.9 Å². The lowest BCUT2D eigenvalue weighted by molar-refractivity contribution is -0.384. The van der Waals surface area contributed by atoms with E-state index >= 15 is 0 Å². The van der Waals surface area contributed by atoms with E-state index in [0.29, 0.717) is 0 Å². The van der Waals surface area contributed by atoms with Gasteiger partial charge in [-0.1, -0.05) is 18.2 Å². The SMILES string of the molecule is O=C(Nc1ccc([N+](=O)[O-])cc1)c1cccn(OCc2ccccc2F)c1=O. The fraction of sp³-hybridized carbons (Fsp3) is 0.0526. The lowest BCUT2D eigenvalue weighted by Gasteiger charge is -2.10. The average Bonchev–Trinajstić information content (AvgIpc) is 2.68. The number of anilines is 1. The molecule has 0 fully saturated rings. The molecule has 0 radical (unpaired) electrons. The first-order valence-electron chi connectivity index (χ1n) is 8.10. The van der Waals surface area contributed by atoms with Crippen LogP contribution in [0.5, 0.6) is 0 Å². The van der Waals surface area contributed by atoms with Crippen molar-refractivity contribution >= 4 is 17.3 Å². The summed E-state index contributed by atoms with van der Waals surface area (Å²) in [4.78, 5) is 40.2. The van der Waals surface area contributed by atoms with E-state index in [4.69, 9.17) is 4.84 Å². The second-order valence-electron chi connectivity index (χ2n) is 5.68. The predicted molar refractivity (Wildman–Crippen MR) is 98.4 cm³/mol. The highest BCUT2D eigenvalue weighted by Crippen LogP contribution is 2.15. The van der Waals surface area contributed by atoms with Gasteiger partial charge < -0.3 is 10.2 Å². The molecule has 1 aromatic heterocycles. The Morgan fingerprint density at radius 2 is 1.82 bits per heavy atom. The van der Waals surface area contributed by atoms with Crippen LogP contribution in [0.3, 0.4) is 0 Å². The van der Waals surface area contributed by atoms with Gasteiger partial charge in [0.15, 0.2) is 0 Å². The van der Waals surface area contributed by atoms with E-state index < -0.39 is 22.2 Å². The van der Waals surface area contributed by atoms with Crippen molar-refractivity contribution in [1.29, 1.82) is 0 Å². The summed E-state index contributed by atoms with van der Waals surface area (Å²) in [6, 6.07) is 13.9. The summed E-state index contributed by atoms with van der Waals surface area (Å²) in [5.41, 5.74) is -0.498. The van der Waals surface area contributed by atoms with Gasteiger partial charge in [-0.2, -0.15) is 4.73 Å². The number of nitro benzene ring substituents is 1. The number of carbonyl (C=O) groups is 1. The number of rotatable bonds is 6. The van der Waals surface area contributed by atoms with Crippen molar-refractivity contribution in [1.82, 2.24) is 4.73 Å². The third kappa shape index (κ3) is 4.21. The topological polar surface area (TPSA) is 103 Å². The molecular weight excluding hydrogens is 369 g/mol. The summed E-state index contributed by atoms with van der Waals surface area (Å²) in [6.45, 7) is -0.194. The number of hydrogen-bond acceptors (Lipinski definition) is 5. The molecule has 3 aromatic rings. The van der Waals surface area contributed by atoms with Crippen LogP contribution in [0.2, 0.25) is 0 Å². The molecule has 0 unspecified atom stereocenters. The summed E-state index contributed by atoms with van der Waals surface area (Å²) < 4.78 is 14.5. The lowest BCUT2D eigenvalue weighted by atomic mass is 10.2. The molecular formula is C19H14FN3O5. The van der Waals surface area contributed by atoms with Gasteiger partial charge in [-0.25, -0.2) is 4.39 Å². The van der Waals surface area contributed by atoms with Crippen molar-refractivity contribution in [3.63, 3.8) is 0 Å². The van der Waals surface area contributed by atoms with Crippen LogP contribution >= 0.6 is 0 Å². The molecule has 1 amide bonds. The number of benzene rings is 2. The maximum Gasteiger partial charge on any atom is 0.295 e. The number of non-ortho nitro benzene ring substituents is 1. The van der Waals surface area contributed by atoms with Crippen LogP contribution in [0.25, 0.3) is 0 Å². The van der Waals surface area contributed by atoms with Crippen molar-refractivity contribution in [3.8, 4) is 0 Å². The molecule has 2 aromatic carbocycles. The largest absolute Gasteiger partial charge is 0.406 e. The van der Waals surface area contributed by atoms with Crippen molar-refractivity contribution in [2.75, 3.05) is 5.32 Å². The number of pyridine rings is 1. The number of aromatic nitrogens is 1. The molecule has 0 aliphatic carbocycles. The van der Waals surface area contributed by atoms with Crippen LogP contribution in [0.4, 0.5) is 15.8 Å². The second kappa shape index (κ2) is 8.12. The molecule has 0 saturated carbocycles. The minimum Gasteiger partial charge on any atom is -0.406 e. The zero-order valence-corrected chi connectivity index (χ0v) is 14.4. The molecule has 3 rings (SSSR count). The molecule has 0 atom stereocenters. The smallest absolute Gasteiger partial charge is 0.295 e. The number of nitrogens with zero attached hydrogens (tertiary/aromatic N) is 2. The van der Waals surface area contributed by atoms with Gasteiger partial charge in [0.1, 0.15) is 18.0 Å². The van der Waals surface area contributed by atoms with Gasteiger partial charge in [-0.3, -0.25) is 19.7 Å². The number of hydrogen-bond donors (Lipinski definition) is 1. The number of halogens is 1. The Morgan fingerprint density at radius 3 is 2.50 bits per heavy atom. The number of carbonyl (C=O) groups excluding carboxylic acids is 1. The van der Waals surface area contributed by atoms with E-state index in [1.807, 2.05) is 0 Å². The maximum absolute atomic E-state index is 13.6. The number of nitrogens with one attached hydrogen (secondary N) is 1. The molecule has 28 heavy (non-hydrogen) atoms. The number of amides is 1. The molecule has 0 spiro atoms. The second-order valence-corrected chi connectivity index (χ2v) is 5.68. The first-order valence-corrected chi connectivity index (χ1v) is 8.10. The van der Waals surface area contributed by atoms with E-state index in [-0.39, 0.29) is 29.1 Å². The summed E-state index contributed by atoms with van der Waals surface area (Å²) >= 11 is 0. The molecule has 0 aliphatic heterocycles. The third-order valence-corrected chi connectivity index (χ3v) is 3.81. The highest BCUT2D eigenvalue weighted by molar-refractivity contribution is 6.04. The number of nitro groups is 1. The van der Waals surface area contributed by atoms with Gasteiger partial charge in [0.25, 0.3) is 17.2 Å². The molecule has 1 N–H and O–H groups in total. The molecule has 0 aliphatic rings. The van der Waals surface area contributed by atoms with Crippen LogP contribution in [0, 0.1) is 15.9 Å². The molecule has 0 saturated heterocycles. The van der Waals surface area contributed by atoms with Crippen molar-refractivity contribution in [2.45, 2.75) is 6.61 Å². The van der Waals surface area contributed by atoms with E-state index in [0.717, 1.165) is 4.73 Å². The van der Waals surface area contributed by atoms with E-state index in [1.165, 1.54) is 60.8 Å². The van der Waals surface area contributed by atoms with Gasteiger partial charge in [-0.15, -0.1) is 0 Å². The van der Waals surface area contributed by atoms with Crippen LogP contribution < -0.4 is 15.7 Å². The Hall–Kier alpha value is -4.01. The third-order valence-electron chi connectivity index (χ3n) is 3.81. The Morgan fingerprint density at radius 1 is 1.11 bits per heavy atom. The van der Waals surface area contributed by atoms with E-state index in [1.54, 1.807) is 6.07 Å². The zero-order chi connectivity index (χ0) is 20.1. The van der Waals surface area contributed by atoms with Gasteiger partial charge >= 0.3 is 0 Å². The van der Waals surface area contributed by atoms with Crippen molar-refractivity contribution in [2.24, 2.45) is 0 Å². The maximum atomic E-state index is 13.6. The predicted octanol–water partition coefficient (Wildman–Crippen LogP) is 2.78. The summed E-state index contributed by atoms with van der Waals surface area (Å²) in [5.74, 6) is -1.18. The highest BCUT2D eigenvalue weighted by atomic mass is 19.1. The Labute approximate surface area is 157 Å². The summed E-state index contributed by atoms with van der Waals surface area (Å²) in [6.07, 6.45) is 1.31. The standard InChI is InChI=1S/C19H14FN3O5/c20-17-6-2-1-4-13(17)12-28-22-11-3-5-16(19(22)25)18(24)21-14-7-9-15(10-8-14)23(26)27/h1-11H,12H2,(H,21,24). The molecule has 142 valence electrons. The quantitative estimate of drug-likeness (QED) is 0.521. The van der Waals surface area contributed by atoms with Crippen LogP contribution in [0.15, 0.2) is 71.7 Å². The normalized spacial score (nSPS) is 10.3. The van der Waals surface area contributed by atoms with E-state index in [9.17, 15) is 24.1 Å². The van der Waals surface area contributed by atoms with Gasteiger partial charge in [-0.05, 0) is 30.3 Å².